The summed E-state index contributed by atoms with van der Waals surface area (Å²) in [4.78, 5) is 14.2. The first-order valence-corrected chi connectivity index (χ1v) is 6.66. The molecule has 1 rings (SSSR count). The average molecular weight is 241 g/mol. The predicted molar refractivity (Wildman–Crippen MR) is 70.7 cm³/mol. The van der Waals surface area contributed by atoms with Gasteiger partial charge in [-0.05, 0) is 32.9 Å². The Morgan fingerprint density at radius 2 is 1.88 bits per heavy atom. The van der Waals surface area contributed by atoms with Gasteiger partial charge in [-0.2, -0.15) is 0 Å². The molecule has 0 saturated heterocycles. The Hall–Kier alpha value is -0.610. The number of likely N-dealkylation sites (N-methyl/N-ethyl adjacent to an activating group) is 1. The first-order valence-electron chi connectivity index (χ1n) is 6.66. The molecular formula is C13H27N3O. The number of hydrogen-bond donors (Lipinski definition) is 2. The van der Waals surface area contributed by atoms with E-state index in [2.05, 4.69) is 24.3 Å². The van der Waals surface area contributed by atoms with Gasteiger partial charge in [0, 0.05) is 12.1 Å². The highest BCUT2D eigenvalue weighted by molar-refractivity contribution is 5.82. The Balaban J connectivity index is 2.56. The minimum Gasteiger partial charge on any atom is -0.350 e. The minimum atomic E-state index is -0.389. The molecule has 0 aromatic carbocycles. The second kappa shape index (κ2) is 6.36. The molecule has 0 heterocycles. The fourth-order valence-corrected chi connectivity index (χ4v) is 2.48. The zero-order valence-corrected chi connectivity index (χ0v) is 11.6. The van der Waals surface area contributed by atoms with Gasteiger partial charge in [0.2, 0.25) is 5.91 Å². The van der Waals surface area contributed by atoms with Crippen molar-refractivity contribution in [2.75, 3.05) is 14.1 Å². The molecule has 3 atom stereocenters. The molecule has 1 saturated carbocycles. The van der Waals surface area contributed by atoms with Crippen LogP contribution in [0.25, 0.3) is 0 Å². The average Bonchev–Trinajstić information content (AvgIpc) is 2.28. The summed E-state index contributed by atoms with van der Waals surface area (Å²) in [6, 6.07) is 0.322. The van der Waals surface area contributed by atoms with Crippen molar-refractivity contribution in [1.82, 2.24) is 10.2 Å². The third-order valence-electron chi connectivity index (χ3n) is 3.74. The Bertz CT molecular complexity index is 253. The van der Waals surface area contributed by atoms with Crippen LogP contribution in [0.4, 0.5) is 0 Å². The Morgan fingerprint density at radius 1 is 1.29 bits per heavy atom. The number of hydrogen-bond acceptors (Lipinski definition) is 3. The van der Waals surface area contributed by atoms with E-state index < -0.39 is 0 Å². The number of carbonyl (C=O) groups excluding carboxylic acids is 1. The maximum atomic E-state index is 12.0. The number of nitrogens with zero attached hydrogens (tertiary/aromatic N) is 1. The molecule has 100 valence electrons. The van der Waals surface area contributed by atoms with Crippen LogP contribution in [0.5, 0.6) is 0 Å². The highest BCUT2D eigenvalue weighted by atomic mass is 16.2. The quantitative estimate of drug-likeness (QED) is 0.771. The molecule has 1 aliphatic carbocycles. The van der Waals surface area contributed by atoms with E-state index in [1.54, 1.807) is 0 Å². The topological polar surface area (TPSA) is 58.4 Å². The molecule has 0 aliphatic heterocycles. The molecule has 1 fully saturated rings. The zero-order valence-electron chi connectivity index (χ0n) is 11.6. The SMILES string of the molecule is CC(C)[C@H](N)C(=O)N[C@@H]1CCCC[C@@H]1N(C)C. The van der Waals surface area contributed by atoms with E-state index in [0.29, 0.717) is 6.04 Å². The van der Waals surface area contributed by atoms with Crippen LogP contribution in [0, 0.1) is 5.92 Å². The largest absolute Gasteiger partial charge is 0.350 e. The minimum absolute atomic E-state index is 0.00116. The van der Waals surface area contributed by atoms with Gasteiger partial charge in [-0.1, -0.05) is 26.7 Å². The Kier molecular flexibility index (Phi) is 5.40. The van der Waals surface area contributed by atoms with Gasteiger partial charge in [0.25, 0.3) is 0 Å². The fourth-order valence-electron chi connectivity index (χ4n) is 2.48. The van der Waals surface area contributed by atoms with Crippen LogP contribution in [0.3, 0.4) is 0 Å². The van der Waals surface area contributed by atoms with Crippen LogP contribution in [0.15, 0.2) is 0 Å². The summed E-state index contributed by atoms with van der Waals surface area (Å²) in [7, 11) is 4.16. The van der Waals surface area contributed by atoms with Gasteiger partial charge in [-0.25, -0.2) is 0 Å². The van der Waals surface area contributed by atoms with Crippen LogP contribution in [-0.4, -0.2) is 43.0 Å². The lowest BCUT2D eigenvalue weighted by atomic mass is 9.89. The van der Waals surface area contributed by atoms with Crippen molar-refractivity contribution in [2.24, 2.45) is 11.7 Å². The molecule has 17 heavy (non-hydrogen) atoms. The monoisotopic (exact) mass is 241 g/mol. The van der Waals surface area contributed by atoms with Gasteiger partial charge in [-0.3, -0.25) is 4.79 Å². The molecule has 0 unspecified atom stereocenters. The van der Waals surface area contributed by atoms with Crippen LogP contribution in [0.2, 0.25) is 0 Å². The summed E-state index contributed by atoms with van der Waals surface area (Å²) < 4.78 is 0. The van der Waals surface area contributed by atoms with Gasteiger partial charge in [0.15, 0.2) is 0 Å². The van der Waals surface area contributed by atoms with Crippen LogP contribution < -0.4 is 11.1 Å². The number of nitrogens with one attached hydrogen (secondary N) is 1. The second-order valence-corrected chi connectivity index (χ2v) is 5.70. The van der Waals surface area contributed by atoms with Gasteiger partial charge in [0.1, 0.15) is 0 Å². The summed E-state index contributed by atoms with van der Waals surface area (Å²) in [5.41, 5.74) is 5.87. The lowest BCUT2D eigenvalue weighted by Crippen LogP contribution is -2.55. The highest BCUT2D eigenvalue weighted by Gasteiger charge is 2.29. The first kappa shape index (κ1) is 14.5. The van der Waals surface area contributed by atoms with Crippen molar-refractivity contribution in [3.63, 3.8) is 0 Å². The van der Waals surface area contributed by atoms with E-state index in [1.807, 2.05) is 13.8 Å². The number of nitrogens with two attached hydrogens (primary N) is 1. The molecule has 1 aliphatic rings. The molecule has 4 heteroatoms. The van der Waals surface area contributed by atoms with Crippen molar-refractivity contribution in [3.05, 3.63) is 0 Å². The van der Waals surface area contributed by atoms with E-state index in [-0.39, 0.29) is 23.9 Å². The molecule has 0 spiro atoms. The molecular weight excluding hydrogens is 214 g/mol. The summed E-state index contributed by atoms with van der Waals surface area (Å²) in [5, 5.41) is 3.13. The van der Waals surface area contributed by atoms with Crippen molar-refractivity contribution >= 4 is 5.91 Å². The first-order chi connectivity index (χ1) is 7.93. The van der Waals surface area contributed by atoms with E-state index in [1.165, 1.54) is 12.8 Å². The fraction of sp³-hybridized carbons (Fsp3) is 0.923. The van der Waals surface area contributed by atoms with Gasteiger partial charge >= 0.3 is 0 Å². The summed E-state index contributed by atoms with van der Waals surface area (Å²) in [6.07, 6.45) is 4.69. The van der Waals surface area contributed by atoms with Gasteiger partial charge in [-0.15, -0.1) is 0 Å². The predicted octanol–water partition coefficient (Wildman–Crippen LogP) is 0.959. The summed E-state index contributed by atoms with van der Waals surface area (Å²) >= 11 is 0. The van der Waals surface area contributed by atoms with Crippen molar-refractivity contribution in [3.8, 4) is 0 Å². The second-order valence-electron chi connectivity index (χ2n) is 5.70. The van der Waals surface area contributed by atoms with Crippen molar-refractivity contribution in [1.29, 1.82) is 0 Å². The van der Waals surface area contributed by atoms with Gasteiger partial charge in [0.05, 0.1) is 6.04 Å². The Morgan fingerprint density at radius 3 is 2.41 bits per heavy atom. The van der Waals surface area contributed by atoms with E-state index in [4.69, 9.17) is 5.73 Å². The maximum Gasteiger partial charge on any atom is 0.237 e. The normalized spacial score (nSPS) is 27.2. The van der Waals surface area contributed by atoms with Crippen LogP contribution >= 0.6 is 0 Å². The third-order valence-corrected chi connectivity index (χ3v) is 3.74. The van der Waals surface area contributed by atoms with E-state index >= 15 is 0 Å². The van der Waals surface area contributed by atoms with Crippen molar-refractivity contribution in [2.45, 2.75) is 57.7 Å². The molecule has 3 N–H and O–H groups in total. The smallest absolute Gasteiger partial charge is 0.237 e. The van der Waals surface area contributed by atoms with Crippen LogP contribution in [-0.2, 0) is 4.79 Å². The molecule has 0 radical (unpaired) electrons. The maximum absolute atomic E-state index is 12.0. The lowest BCUT2D eigenvalue weighted by Gasteiger charge is -2.37. The van der Waals surface area contributed by atoms with E-state index in [9.17, 15) is 4.79 Å². The number of amides is 1. The molecule has 1 amide bonds. The standard InChI is InChI=1S/C13H27N3O/c1-9(2)12(14)13(17)15-10-7-5-6-8-11(10)16(3)4/h9-12H,5-8,14H2,1-4H3,(H,15,17)/t10-,11+,12+/m1/s1. The summed E-state index contributed by atoms with van der Waals surface area (Å²) in [5.74, 6) is 0.190. The van der Waals surface area contributed by atoms with E-state index in [0.717, 1.165) is 12.8 Å². The molecule has 0 aromatic rings. The number of carbonyl (C=O) groups is 1. The molecule has 0 bridgehead atoms. The summed E-state index contributed by atoms with van der Waals surface area (Å²) in [6.45, 7) is 3.96. The van der Waals surface area contributed by atoms with Crippen molar-refractivity contribution < 1.29 is 4.79 Å². The zero-order chi connectivity index (χ0) is 13.0. The molecule has 4 nitrogen and oxygen atoms in total. The highest BCUT2D eigenvalue weighted by Crippen LogP contribution is 2.21. The Labute approximate surface area is 105 Å². The van der Waals surface area contributed by atoms with Gasteiger partial charge < -0.3 is 16.0 Å². The number of rotatable bonds is 4. The third kappa shape index (κ3) is 3.96. The lowest BCUT2D eigenvalue weighted by molar-refractivity contribution is -0.124. The molecule has 0 aromatic heterocycles. The van der Waals surface area contributed by atoms with Crippen LogP contribution in [0.1, 0.15) is 39.5 Å².